The number of ether oxygens (including phenoxy) is 1. The summed E-state index contributed by atoms with van der Waals surface area (Å²) in [5.74, 6) is -1.56. The first-order valence-corrected chi connectivity index (χ1v) is 6.51. The molecule has 0 fully saturated rings. The van der Waals surface area contributed by atoms with Gasteiger partial charge < -0.3 is 4.74 Å². The zero-order chi connectivity index (χ0) is 12.7. The molecule has 2 nitrogen and oxygen atoms in total. The average Bonchev–Trinajstić information content (AvgIpc) is 2.32. The van der Waals surface area contributed by atoms with E-state index in [4.69, 9.17) is 4.74 Å². The highest BCUT2D eigenvalue weighted by Crippen LogP contribution is 2.13. The van der Waals surface area contributed by atoms with Crippen LogP contribution in [0.25, 0.3) is 0 Å². The van der Waals surface area contributed by atoms with E-state index in [2.05, 4.69) is 15.9 Å². The SMILES string of the molecule is COCCN(CCBr)Cc1cccc(F)c1F. The summed E-state index contributed by atoms with van der Waals surface area (Å²) in [6.07, 6.45) is 0. The first kappa shape index (κ1) is 14.5. The third kappa shape index (κ3) is 4.69. The Hall–Kier alpha value is -0.520. The third-order valence-electron chi connectivity index (χ3n) is 2.44. The molecule has 0 N–H and O–H groups in total. The summed E-state index contributed by atoms with van der Waals surface area (Å²) in [6.45, 7) is 2.42. The highest BCUT2D eigenvalue weighted by atomic mass is 79.9. The van der Waals surface area contributed by atoms with Crippen LogP contribution < -0.4 is 0 Å². The molecule has 0 aliphatic carbocycles. The number of benzene rings is 1. The Balaban J connectivity index is 2.67. The fourth-order valence-electron chi connectivity index (χ4n) is 1.52. The fourth-order valence-corrected chi connectivity index (χ4v) is 2.02. The van der Waals surface area contributed by atoms with E-state index >= 15 is 0 Å². The smallest absolute Gasteiger partial charge is 0.163 e. The van der Waals surface area contributed by atoms with Crippen molar-refractivity contribution < 1.29 is 13.5 Å². The molecule has 1 aromatic rings. The van der Waals surface area contributed by atoms with Gasteiger partial charge in [0, 0.05) is 37.6 Å². The highest BCUT2D eigenvalue weighted by Gasteiger charge is 2.11. The number of hydrogen-bond acceptors (Lipinski definition) is 2. The van der Waals surface area contributed by atoms with Crippen LogP contribution in [0.2, 0.25) is 0 Å². The van der Waals surface area contributed by atoms with Gasteiger partial charge >= 0.3 is 0 Å². The third-order valence-corrected chi connectivity index (χ3v) is 2.79. The second-order valence-corrected chi connectivity index (χ2v) is 4.46. The van der Waals surface area contributed by atoms with Crippen molar-refractivity contribution in [3.63, 3.8) is 0 Å². The quantitative estimate of drug-likeness (QED) is 0.718. The summed E-state index contributed by atoms with van der Waals surface area (Å²) in [7, 11) is 1.62. The molecule has 0 aliphatic rings. The minimum atomic E-state index is -0.798. The van der Waals surface area contributed by atoms with Gasteiger partial charge in [-0.1, -0.05) is 28.1 Å². The summed E-state index contributed by atoms with van der Waals surface area (Å²) in [5.41, 5.74) is 0.377. The lowest BCUT2D eigenvalue weighted by atomic mass is 10.2. The molecule has 0 radical (unpaired) electrons. The van der Waals surface area contributed by atoms with Crippen LogP contribution in [0.4, 0.5) is 8.78 Å². The van der Waals surface area contributed by atoms with Crippen molar-refractivity contribution in [3.05, 3.63) is 35.4 Å². The molecule has 17 heavy (non-hydrogen) atoms. The van der Waals surface area contributed by atoms with Crippen molar-refractivity contribution in [1.82, 2.24) is 4.90 Å². The van der Waals surface area contributed by atoms with Crippen molar-refractivity contribution in [2.45, 2.75) is 6.54 Å². The van der Waals surface area contributed by atoms with Crippen molar-refractivity contribution in [2.75, 3.05) is 32.1 Å². The van der Waals surface area contributed by atoms with Crippen LogP contribution in [0.15, 0.2) is 18.2 Å². The summed E-state index contributed by atoms with van der Waals surface area (Å²) < 4.78 is 31.5. The van der Waals surface area contributed by atoms with Gasteiger partial charge in [-0.3, -0.25) is 4.90 Å². The Bertz CT molecular complexity index is 349. The molecule has 0 amide bonds. The van der Waals surface area contributed by atoms with E-state index in [9.17, 15) is 8.78 Å². The van der Waals surface area contributed by atoms with Crippen LogP contribution in [0.3, 0.4) is 0 Å². The predicted molar refractivity (Wildman–Crippen MR) is 67.3 cm³/mol. The van der Waals surface area contributed by atoms with E-state index in [1.54, 1.807) is 13.2 Å². The Labute approximate surface area is 109 Å². The number of hydrogen-bond donors (Lipinski definition) is 0. The molecule has 1 rings (SSSR count). The molecule has 5 heteroatoms. The zero-order valence-corrected chi connectivity index (χ0v) is 11.3. The van der Waals surface area contributed by atoms with Gasteiger partial charge in [-0.2, -0.15) is 0 Å². The van der Waals surface area contributed by atoms with Gasteiger partial charge in [-0.15, -0.1) is 0 Å². The molecule has 0 spiro atoms. The number of halogens is 3. The Kier molecular flexibility index (Phi) is 6.62. The molecule has 0 atom stereocenters. The van der Waals surface area contributed by atoms with E-state index < -0.39 is 11.6 Å². The Morgan fingerprint density at radius 2 is 2.06 bits per heavy atom. The number of nitrogens with zero attached hydrogens (tertiary/aromatic N) is 1. The van der Waals surface area contributed by atoms with Crippen molar-refractivity contribution in [2.24, 2.45) is 0 Å². The molecular weight excluding hydrogens is 292 g/mol. The maximum Gasteiger partial charge on any atom is 0.163 e. The molecule has 0 aliphatic heterocycles. The molecular formula is C12H16BrF2NO. The summed E-state index contributed by atoms with van der Waals surface area (Å²) >= 11 is 3.34. The second kappa shape index (κ2) is 7.74. The standard InChI is InChI=1S/C12H16BrF2NO/c1-17-8-7-16(6-5-13)9-10-3-2-4-11(14)12(10)15/h2-4H,5-9H2,1H3. The van der Waals surface area contributed by atoms with Crippen LogP contribution in [0.5, 0.6) is 0 Å². The lowest BCUT2D eigenvalue weighted by Crippen LogP contribution is -2.29. The first-order chi connectivity index (χ1) is 8.19. The molecule has 0 unspecified atom stereocenters. The van der Waals surface area contributed by atoms with Crippen LogP contribution in [-0.2, 0) is 11.3 Å². The van der Waals surface area contributed by atoms with Gasteiger partial charge in [0.2, 0.25) is 0 Å². The summed E-state index contributed by atoms with van der Waals surface area (Å²) in [5, 5.41) is 0.785. The van der Waals surface area contributed by atoms with Crippen molar-refractivity contribution in [3.8, 4) is 0 Å². The van der Waals surface area contributed by atoms with E-state index in [-0.39, 0.29) is 0 Å². The van der Waals surface area contributed by atoms with Gasteiger partial charge in [-0.25, -0.2) is 8.78 Å². The number of methoxy groups -OCH3 is 1. The molecule has 0 aromatic heterocycles. The lowest BCUT2D eigenvalue weighted by Gasteiger charge is -2.21. The first-order valence-electron chi connectivity index (χ1n) is 5.39. The zero-order valence-electron chi connectivity index (χ0n) is 9.76. The molecule has 0 saturated carbocycles. The monoisotopic (exact) mass is 307 g/mol. The largest absolute Gasteiger partial charge is 0.383 e. The predicted octanol–water partition coefficient (Wildman–Crippen LogP) is 2.81. The second-order valence-electron chi connectivity index (χ2n) is 3.67. The molecule has 96 valence electrons. The molecule has 1 aromatic carbocycles. The van der Waals surface area contributed by atoms with Crippen LogP contribution in [0.1, 0.15) is 5.56 Å². The van der Waals surface area contributed by atoms with E-state index in [1.807, 2.05) is 4.90 Å². The topological polar surface area (TPSA) is 12.5 Å². The molecule has 0 heterocycles. The normalized spacial score (nSPS) is 11.1. The van der Waals surface area contributed by atoms with E-state index in [0.29, 0.717) is 25.3 Å². The maximum absolute atomic E-state index is 13.5. The minimum Gasteiger partial charge on any atom is -0.383 e. The molecule has 0 bridgehead atoms. The van der Waals surface area contributed by atoms with Crippen LogP contribution in [-0.4, -0.2) is 37.0 Å². The fraction of sp³-hybridized carbons (Fsp3) is 0.500. The molecule has 0 saturated heterocycles. The summed E-state index contributed by atoms with van der Waals surface area (Å²) in [6, 6.07) is 4.26. The van der Waals surface area contributed by atoms with Gasteiger partial charge in [0.05, 0.1) is 6.61 Å². The van der Waals surface area contributed by atoms with Gasteiger partial charge in [-0.05, 0) is 6.07 Å². The van der Waals surface area contributed by atoms with E-state index in [0.717, 1.165) is 17.9 Å². The van der Waals surface area contributed by atoms with Crippen molar-refractivity contribution >= 4 is 15.9 Å². The van der Waals surface area contributed by atoms with Crippen LogP contribution in [0, 0.1) is 11.6 Å². The van der Waals surface area contributed by atoms with Gasteiger partial charge in [0.1, 0.15) is 0 Å². The number of rotatable bonds is 7. The number of alkyl halides is 1. The van der Waals surface area contributed by atoms with Gasteiger partial charge in [0.15, 0.2) is 11.6 Å². The average molecular weight is 308 g/mol. The van der Waals surface area contributed by atoms with E-state index in [1.165, 1.54) is 6.07 Å². The van der Waals surface area contributed by atoms with Gasteiger partial charge in [0.25, 0.3) is 0 Å². The summed E-state index contributed by atoms with van der Waals surface area (Å²) in [4.78, 5) is 2.01. The van der Waals surface area contributed by atoms with Crippen molar-refractivity contribution in [1.29, 1.82) is 0 Å². The lowest BCUT2D eigenvalue weighted by molar-refractivity contribution is 0.147. The Morgan fingerprint density at radius 1 is 1.29 bits per heavy atom. The maximum atomic E-state index is 13.5. The Morgan fingerprint density at radius 3 is 2.71 bits per heavy atom. The highest BCUT2D eigenvalue weighted by molar-refractivity contribution is 9.09. The van der Waals surface area contributed by atoms with Crippen LogP contribution >= 0.6 is 15.9 Å². The minimum absolute atomic E-state index is 0.377.